The Morgan fingerprint density at radius 2 is 1.39 bits per heavy atom. The van der Waals surface area contributed by atoms with Crippen molar-refractivity contribution in [2.24, 2.45) is 0 Å². The molecule has 0 atom stereocenters. The summed E-state index contributed by atoms with van der Waals surface area (Å²) in [7, 11) is 0. The van der Waals surface area contributed by atoms with E-state index in [0.29, 0.717) is 32.0 Å². The summed E-state index contributed by atoms with van der Waals surface area (Å²) in [6.07, 6.45) is 0. The fourth-order valence-corrected chi connectivity index (χ4v) is 3.70. The summed E-state index contributed by atoms with van der Waals surface area (Å²) in [5, 5.41) is 9.77. The Morgan fingerprint density at radius 3 is 2.15 bits per heavy atom. The summed E-state index contributed by atoms with van der Waals surface area (Å²) in [5.74, 6) is -0.385. The molecular formula is C27H27NO5. The van der Waals surface area contributed by atoms with E-state index in [1.54, 1.807) is 12.1 Å². The second kappa shape index (κ2) is 11.4. The van der Waals surface area contributed by atoms with Gasteiger partial charge in [0.25, 0.3) is 0 Å². The minimum atomic E-state index is -0.385. The second-order valence-corrected chi connectivity index (χ2v) is 7.45. The van der Waals surface area contributed by atoms with Gasteiger partial charge in [0.1, 0.15) is 6.61 Å². The highest BCUT2D eigenvalue weighted by Crippen LogP contribution is 2.38. The average molecular weight is 446 g/mol. The summed E-state index contributed by atoms with van der Waals surface area (Å²) >= 11 is 0. The highest BCUT2D eigenvalue weighted by atomic mass is 16.6. The lowest BCUT2D eigenvalue weighted by atomic mass is 9.97. The van der Waals surface area contributed by atoms with Crippen molar-refractivity contribution in [1.29, 1.82) is 0 Å². The van der Waals surface area contributed by atoms with Gasteiger partial charge in [0.15, 0.2) is 0 Å². The van der Waals surface area contributed by atoms with Crippen LogP contribution in [0.3, 0.4) is 0 Å². The highest BCUT2D eigenvalue weighted by Gasteiger charge is 2.15. The van der Waals surface area contributed by atoms with Crippen molar-refractivity contribution in [1.82, 2.24) is 4.98 Å². The summed E-state index contributed by atoms with van der Waals surface area (Å²) < 4.78 is 15.7. The lowest BCUT2D eigenvalue weighted by Crippen LogP contribution is -2.13. The minimum absolute atomic E-state index is 0.00964. The number of H-pyrrole nitrogens is 1. The minimum Gasteiger partial charge on any atom is -0.460 e. The van der Waals surface area contributed by atoms with Crippen molar-refractivity contribution in [3.63, 3.8) is 0 Å². The van der Waals surface area contributed by atoms with E-state index in [4.69, 9.17) is 19.3 Å². The number of para-hydroxylation sites is 1. The van der Waals surface area contributed by atoms with Crippen LogP contribution in [0.25, 0.3) is 33.3 Å². The van der Waals surface area contributed by atoms with Gasteiger partial charge in [-0.2, -0.15) is 0 Å². The standard InChI is InChI=1S/C27H27NO5/c29-14-15-31-16-17-32-18-19-33-27(30)22-12-10-20(11-13-22)25-23-8-4-5-9-24(23)28-26(25)21-6-2-1-3-7-21/h1-13,28-29H,14-19H2. The topological polar surface area (TPSA) is 80.8 Å². The largest absolute Gasteiger partial charge is 0.460 e. The third kappa shape index (κ3) is 5.68. The molecule has 1 heterocycles. The van der Waals surface area contributed by atoms with Crippen LogP contribution in [-0.2, 0) is 14.2 Å². The quantitative estimate of drug-likeness (QED) is 0.259. The van der Waals surface area contributed by atoms with Gasteiger partial charge in [-0.1, -0.05) is 60.7 Å². The number of nitrogens with one attached hydrogen (secondary N) is 1. The molecule has 6 nitrogen and oxygen atoms in total. The van der Waals surface area contributed by atoms with Crippen molar-refractivity contribution in [2.45, 2.75) is 0 Å². The number of aromatic nitrogens is 1. The molecule has 0 spiro atoms. The van der Waals surface area contributed by atoms with Crippen LogP contribution in [0.5, 0.6) is 0 Å². The van der Waals surface area contributed by atoms with Crippen LogP contribution in [0.15, 0.2) is 78.9 Å². The van der Waals surface area contributed by atoms with Crippen molar-refractivity contribution in [2.75, 3.05) is 39.6 Å². The number of aromatic amines is 1. The van der Waals surface area contributed by atoms with Crippen LogP contribution in [-0.4, -0.2) is 55.7 Å². The van der Waals surface area contributed by atoms with Gasteiger partial charge in [-0.3, -0.25) is 0 Å². The van der Waals surface area contributed by atoms with Crippen molar-refractivity contribution in [3.05, 3.63) is 84.4 Å². The molecule has 6 heteroatoms. The van der Waals surface area contributed by atoms with E-state index in [0.717, 1.165) is 33.3 Å². The first-order chi connectivity index (χ1) is 16.3. The maximum atomic E-state index is 12.4. The number of fused-ring (bicyclic) bond motifs is 1. The lowest BCUT2D eigenvalue weighted by molar-refractivity contribution is 0.00920. The number of rotatable bonds is 11. The fraction of sp³-hybridized carbons (Fsp3) is 0.222. The van der Waals surface area contributed by atoms with Crippen LogP contribution >= 0.6 is 0 Å². The SMILES string of the molecule is O=C(OCCOCCOCCO)c1ccc(-c2c(-c3ccccc3)[nH]c3ccccc23)cc1. The number of hydrogen-bond acceptors (Lipinski definition) is 5. The molecule has 0 fully saturated rings. The van der Waals surface area contributed by atoms with Gasteiger partial charge in [0, 0.05) is 16.5 Å². The Labute approximate surface area is 192 Å². The van der Waals surface area contributed by atoms with Gasteiger partial charge in [0.2, 0.25) is 0 Å². The number of aliphatic hydroxyl groups is 1. The molecule has 4 aromatic rings. The van der Waals surface area contributed by atoms with E-state index in [1.807, 2.05) is 42.5 Å². The molecule has 0 aliphatic rings. The number of esters is 1. The summed E-state index contributed by atoms with van der Waals surface area (Å²) in [6.45, 7) is 1.53. The molecule has 0 aliphatic heterocycles. The lowest BCUT2D eigenvalue weighted by Gasteiger charge is -2.08. The zero-order chi connectivity index (χ0) is 22.9. The van der Waals surface area contributed by atoms with Gasteiger partial charge in [-0.25, -0.2) is 4.79 Å². The first-order valence-corrected chi connectivity index (χ1v) is 11.0. The zero-order valence-electron chi connectivity index (χ0n) is 18.3. The predicted octanol–water partition coefficient (Wildman–Crippen LogP) is 4.68. The molecule has 0 unspecified atom stereocenters. The van der Waals surface area contributed by atoms with Crippen LogP contribution < -0.4 is 0 Å². The van der Waals surface area contributed by atoms with Crippen LogP contribution in [0, 0.1) is 0 Å². The van der Waals surface area contributed by atoms with Gasteiger partial charge in [0.05, 0.1) is 44.3 Å². The molecule has 0 saturated carbocycles. The second-order valence-electron chi connectivity index (χ2n) is 7.45. The molecule has 0 aliphatic carbocycles. The number of benzene rings is 3. The average Bonchev–Trinajstić information content (AvgIpc) is 3.26. The molecule has 4 rings (SSSR count). The molecule has 0 saturated heterocycles. The molecular weight excluding hydrogens is 418 g/mol. The number of aliphatic hydroxyl groups excluding tert-OH is 1. The van der Waals surface area contributed by atoms with Crippen LogP contribution in [0.2, 0.25) is 0 Å². The van der Waals surface area contributed by atoms with Crippen molar-refractivity contribution >= 4 is 16.9 Å². The van der Waals surface area contributed by atoms with Crippen molar-refractivity contribution in [3.8, 4) is 22.4 Å². The van der Waals surface area contributed by atoms with Crippen LogP contribution in [0.4, 0.5) is 0 Å². The first kappa shape index (κ1) is 22.7. The summed E-state index contributed by atoms with van der Waals surface area (Å²) in [4.78, 5) is 15.9. The highest BCUT2D eigenvalue weighted by molar-refractivity contribution is 6.04. The van der Waals surface area contributed by atoms with E-state index in [2.05, 4.69) is 29.2 Å². The van der Waals surface area contributed by atoms with E-state index in [-0.39, 0.29) is 19.2 Å². The van der Waals surface area contributed by atoms with E-state index in [9.17, 15) is 4.79 Å². The van der Waals surface area contributed by atoms with E-state index >= 15 is 0 Å². The molecule has 170 valence electrons. The number of carbonyl (C=O) groups excluding carboxylic acids is 1. The van der Waals surface area contributed by atoms with E-state index in [1.165, 1.54) is 0 Å². The predicted molar refractivity (Wildman–Crippen MR) is 128 cm³/mol. The zero-order valence-corrected chi connectivity index (χ0v) is 18.3. The van der Waals surface area contributed by atoms with Gasteiger partial charge >= 0.3 is 5.97 Å². The Morgan fingerprint density at radius 1 is 0.727 bits per heavy atom. The summed E-state index contributed by atoms with van der Waals surface area (Å²) in [6, 6.07) is 25.9. The first-order valence-electron chi connectivity index (χ1n) is 11.0. The third-order valence-electron chi connectivity index (χ3n) is 5.25. The maximum absolute atomic E-state index is 12.4. The van der Waals surface area contributed by atoms with Gasteiger partial charge < -0.3 is 24.3 Å². The van der Waals surface area contributed by atoms with Crippen LogP contribution in [0.1, 0.15) is 10.4 Å². The molecule has 33 heavy (non-hydrogen) atoms. The summed E-state index contributed by atoms with van der Waals surface area (Å²) in [5.41, 5.74) is 5.84. The Balaban J connectivity index is 1.44. The smallest absolute Gasteiger partial charge is 0.338 e. The molecule has 0 bridgehead atoms. The Bertz CT molecular complexity index is 1170. The normalized spacial score (nSPS) is 11.1. The van der Waals surface area contributed by atoms with Crippen molar-refractivity contribution < 1.29 is 24.1 Å². The molecule has 0 radical (unpaired) electrons. The molecule has 2 N–H and O–H groups in total. The van der Waals surface area contributed by atoms with E-state index < -0.39 is 0 Å². The molecule has 1 aromatic heterocycles. The maximum Gasteiger partial charge on any atom is 0.338 e. The number of ether oxygens (including phenoxy) is 3. The Hall–Kier alpha value is -3.45. The van der Waals surface area contributed by atoms with Gasteiger partial charge in [-0.15, -0.1) is 0 Å². The third-order valence-corrected chi connectivity index (χ3v) is 5.25. The Kier molecular flexibility index (Phi) is 7.87. The van der Waals surface area contributed by atoms with Gasteiger partial charge in [-0.05, 0) is 29.3 Å². The molecule has 3 aromatic carbocycles. The molecule has 0 amide bonds. The number of carbonyl (C=O) groups is 1. The number of hydrogen-bond donors (Lipinski definition) is 2. The monoisotopic (exact) mass is 445 g/mol. The fourth-order valence-electron chi connectivity index (χ4n) is 3.70.